The fourth-order valence-corrected chi connectivity index (χ4v) is 5.97. The number of amides is 1. The zero-order valence-electron chi connectivity index (χ0n) is 20.2. The van der Waals surface area contributed by atoms with E-state index in [4.69, 9.17) is 11.6 Å². The van der Waals surface area contributed by atoms with Gasteiger partial charge in [-0.25, -0.2) is 8.42 Å². The third kappa shape index (κ3) is 5.46. The molecular weight excluding hydrogens is 482 g/mol. The standard InChI is InChI=1S/C27H30ClN3O3S/c1-20-8-12-24(13-9-20)35(33,34)31(25-7-5-4-6-21(25)2)19-27(32)30-16-14-29(15-17-30)26-18-23(28)11-10-22(26)3/h4-13,18H,14-17,19H2,1-3H3. The molecule has 1 fully saturated rings. The monoisotopic (exact) mass is 511 g/mol. The normalized spacial score (nSPS) is 14.2. The first-order valence-electron chi connectivity index (χ1n) is 11.6. The van der Waals surface area contributed by atoms with E-state index in [0.29, 0.717) is 36.9 Å². The number of halogens is 1. The van der Waals surface area contributed by atoms with Crippen molar-refractivity contribution in [2.24, 2.45) is 0 Å². The van der Waals surface area contributed by atoms with E-state index in [9.17, 15) is 13.2 Å². The Hall–Kier alpha value is -3.03. The average molecular weight is 512 g/mol. The summed E-state index contributed by atoms with van der Waals surface area (Å²) in [7, 11) is -3.93. The Morgan fingerprint density at radius 1 is 0.886 bits per heavy atom. The molecule has 0 saturated carbocycles. The van der Waals surface area contributed by atoms with E-state index in [-0.39, 0.29) is 17.3 Å². The van der Waals surface area contributed by atoms with Crippen LogP contribution in [0.25, 0.3) is 0 Å². The van der Waals surface area contributed by atoms with Crippen molar-refractivity contribution < 1.29 is 13.2 Å². The third-order valence-electron chi connectivity index (χ3n) is 6.42. The number of piperazine rings is 1. The van der Waals surface area contributed by atoms with Gasteiger partial charge in [-0.1, -0.05) is 53.6 Å². The lowest BCUT2D eigenvalue weighted by molar-refractivity contribution is -0.129. The van der Waals surface area contributed by atoms with Crippen molar-refractivity contribution >= 4 is 38.9 Å². The third-order valence-corrected chi connectivity index (χ3v) is 8.43. The smallest absolute Gasteiger partial charge is 0.264 e. The van der Waals surface area contributed by atoms with Gasteiger partial charge in [0.1, 0.15) is 6.54 Å². The molecule has 0 unspecified atom stereocenters. The Kier molecular flexibility index (Phi) is 7.38. The van der Waals surface area contributed by atoms with Crippen LogP contribution in [-0.2, 0) is 14.8 Å². The molecule has 8 heteroatoms. The summed E-state index contributed by atoms with van der Waals surface area (Å²) in [4.78, 5) is 17.5. The first-order chi connectivity index (χ1) is 16.7. The molecule has 0 spiro atoms. The van der Waals surface area contributed by atoms with E-state index in [2.05, 4.69) is 4.90 Å². The number of hydrogen-bond donors (Lipinski definition) is 0. The molecule has 1 amide bonds. The highest BCUT2D eigenvalue weighted by Gasteiger charge is 2.31. The Morgan fingerprint density at radius 3 is 2.20 bits per heavy atom. The van der Waals surface area contributed by atoms with Crippen LogP contribution in [0.15, 0.2) is 71.6 Å². The largest absolute Gasteiger partial charge is 0.368 e. The van der Waals surface area contributed by atoms with E-state index in [1.807, 2.05) is 51.1 Å². The number of anilines is 2. The maximum Gasteiger partial charge on any atom is 0.264 e. The second-order valence-electron chi connectivity index (χ2n) is 8.91. The lowest BCUT2D eigenvalue weighted by Gasteiger charge is -2.38. The zero-order chi connectivity index (χ0) is 25.2. The van der Waals surface area contributed by atoms with Crippen molar-refractivity contribution in [3.05, 3.63) is 88.4 Å². The van der Waals surface area contributed by atoms with Gasteiger partial charge in [0, 0.05) is 36.9 Å². The first-order valence-corrected chi connectivity index (χ1v) is 13.4. The lowest BCUT2D eigenvalue weighted by atomic mass is 10.1. The van der Waals surface area contributed by atoms with Gasteiger partial charge in [-0.3, -0.25) is 9.10 Å². The predicted molar refractivity (Wildman–Crippen MR) is 142 cm³/mol. The topological polar surface area (TPSA) is 60.9 Å². The molecule has 1 saturated heterocycles. The molecule has 35 heavy (non-hydrogen) atoms. The van der Waals surface area contributed by atoms with Crippen LogP contribution < -0.4 is 9.21 Å². The number of benzene rings is 3. The molecular formula is C27H30ClN3O3S. The minimum Gasteiger partial charge on any atom is -0.368 e. The SMILES string of the molecule is Cc1ccc(S(=O)(=O)N(CC(=O)N2CCN(c3cc(Cl)ccc3C)CC2)c2ccccc2C)cc1. The molecule has 0 N–H and O–H groups in total. The second-order valence-corrected chi connectivity index (χ2v) is 11.2. The van der Waals surface area contributed by atoms with Crippen LogP contribution in [0.5, 0.6) is 0 Å². The number of hydrogen-bond acceptors (Lipinski definition) is 4. The van der Waals surface area contributed by atoms with Gasteiger partial charge in [0.25, 0.3) is 10.0 Å². The van der Waals surface area contributed by atoms with Crippen LogP contribution in [0.3, 0.4) is 0 Å². The molecule has 3 aromatic rings. The van der Waals surface area contributed by atoms with Crippen LogP contribution in [-0.4, -0.2) is 51.9 Å². The minimum atomic E-state index is -3.93. The predicted octanol–water partition coefficient (Wildman–Crippen LogP) is 4.81. The molecule has 0 aromatic heterocycles. The number of carbonyl (C=O) groups excluding carboxylic acids is 1. The van der Waals surface area contributed by atoms with Crippen molar-refractivity contribution in [2.45, 2.75) is 25.7 Å². The van der Waals surface area contributed by atoms with Crippen LogP contribution >= 0.6 is 11.6 Å². The van der Waals surface area contributed by atoms with Gasteiger partial charge >= 0.3 is 0 Å². The molecule has 0 atom stereocenters. The van der Waals surface area contributed by atoms with Gasteiger partial charge in [0.2, 0.25) is 5.91 Å². The highest BCUT2D eigenvalue weighted by atomic mass is 35.5. The van der Waals surface area contributed by atoms with Gasteiger partial charge < -0.3 is 9.80 Å². The number of aryl methyl sites for hydroxylation is 3. The van der Waals surface area contributed by atoms with Crippen molar-refractivity contribution in [3.63, 3.8) is 0 Å². The molecule has 0 radical (unpaired) electrons. The second kappa shape index (κ2) is 10.3. The Labute approximate surface area is 212 Å². The molecule has 6 nitrogen and oxygen atoms in total. The number of para-hydroxylation sites is 1. The van der Waals surface area contributed by atoms with Crippen molar-refractivity contribution in [1.82, 2.24) is 4.90 Å². The number of rotatable bonds is 6. The van der Waals surface area contributed by atoms with Gasteiger partial charge in [-0.05, 0) is 62.2 Å². The maximum atomic E-state index is 13.7. The highest BCUT2D eigenvalue weighted by Crippen LogP contribution is 2.28. The molecule has 1 heterocycles. The van der Waals surface area contributed by atoms with Crippen molar-refractivity contribution in [3.8, 4) is 0 Å². The Bertz CT molecular complexity index is 1320. The first kappa shape index (κ1) is 25.1. The molecule has 184 valence electrons. The number of carbonyl (C=O) groups is 1. The lowest BCUT2D eigenvalue weighted by Crippen LogP contribution is -2.52. The molecule has 4 rings (SSSR count). The minimum absolute atomic E-state index is 0.167. The van der Waals surface area contributed by atoms with Crippen LogP contribution in [0.2, 0.25) is 5.02 Å². The summed E-state index contributed by atoms with van der Waals surface area (Å²) in [5.74, 6) is -0.216. The van der Waals surface area contributed by atoms with Crippen LogP contribution in [0.1, 0.15) is 16.7 Å². The molecule has 3 aromatic carbocycles. The molecule has 1 aliphatic rings. The zero-order valence-corrected chi connectivity index (χ0v) is 21.8. The van der Waals surface area contributed by atoms with Crippen molar-refractivity contribution in [1.29, 1.82) is 0 Å². The van der Waals surface area contributed by atoms with Gasteiger partial charge in [-0.15, -0.1) is 0 Å². The van der Waals surface area contributed by atoms with E-state index in [1.54, 1.807) is 41.3 Å². The van der Waals surface area contributed by atoms with Gasteiger partial charge in [0.05, 0.1) is 10.6 Å². The van der Waals surface area contributed by atoms with E-state index in [1.165, 1.54) is 4.31 Å². The fraction of sp³-hybridized carbons (Fsp3) is 0.296. The van der Waals surface area contributed by atoms with Gasteiger partial charge in [0.15, 0.2) is 0 Å². The number of nitrogens with zero attached hydrogens (tertiary/aromatic N) is 3. The Morgan fingerprint density at radius 2 is 1.54 bits per heavy atom. The molecule has 0 bridgehead atoms. The van der Waals surface area contributed by atoms with Gasteiger partial charge in [-0.2, -0.15) is 0 Å². The van der Waals surface area contributed by atoms with E-state index >= 15 is 0 Å². The summed E-state index contributed by atoms with van der Waals surface area (Å²) >= 11 is 6.19. The molecule has 1 aliphatic heterocycles. The summed E-state index contributed by atoms with van der Waals surface area (Å²) in [6.07, 6.45) is 0. The summed E-state index contributed by atoms with van der Waals surface area (Å²) in [5, 5.41) is 0.680. The maximum absolute atomic E-state index is 13.7. The van der Waals surface area contributed by atoms with E-state index in [0.717, 1.165) is 22.4 Å². The fourth-order valence-electron chi connectivity index (χ4n) is 4.32. The summed E-state index contributed by atoms with van der Waals surface area (Å²) in [6.45, 7) is 7.88. The summed E-state index contributed by atoms with van der Waals surface area (Å²) in [5.41, 5.74) is 4.46. The summed E-state index contributed by atoms with van der Waals surface area (Å²) < 4.78 is 28.5. The summed E-state index contributed by atoms with van der Waals surface area (Å²) in [6, 6.07) is 19.8. The number of sulfonamides is 1. The van der Waals surface area contributed by atoms with Crippen LogP contribution in [0.4, 0.5) is 11.4 Å². The van der Waals surface area contributed by atoms with Crippen LogP contribution in [0, 0.1) is 20.8 Å². The molecule has 0 aliphatic carbocycles. The van der Waals surface area contributed by atoms with Crippen molar-refractivity contribution in [2.75, 3.05) is 41.9 Å². The highest BCUT2D eigenvalue weighted by molar-refractivity contribution is 7.92. The Balaban J connectivity index is 1.55. The quantitative estimate of drug-likeness (QED) is 0.476. The van der Waals surface area contributed by atoms with E-state index < -0.39 is 10.0 Å². The average Bonchev–Trinajstić information content (AvgIpc) is 2.85.